The van der Waals surface area contributed by atoms with E-state index in [2.05, 4.69) is 5.32 Å². The number of anilines is 1. The summed E-state index contributed by atoms with van der Waals surface area (Å²) < 4.78 is 22.2. The molecule has 0 aromatic heterocycles. The van der Waals surface area contributed by atoms with Crippen LogP contribution in [0, 0.1) is 11.8 Å². The number of hydrogen-bond donors (Lipinski definition) is 3. The van der Waals surface area contributed by atoms with Gasteiger partial charge in [0.05, 0.1) is 16.7 Å². The van der Waals surface area contributed by atoms with E-state index >= 15 is 0 Å². The Morgan fingerprint density at radius 3 is 2.24 bits per heavy atom. The first-order valence-corrected chi connectivity index (χ1v) is 8.00. The molecule has 1 aromatic carbocycles. The van der Waals surface area contributed by atoms with Crippen LogP contribution in [0.4, 0.5) is 5.69 Å². The Hall–Kier alpha value is -1.93. The molecule has 0 radical (unpaired) electrons. The fourth-order valence-electron chi connectivity index (χ4n) is 2.53. The zero-order chi connectivity index (χ0) is 15.6. The zero-order valence-electron chi connectivity index (χ0n) is 11.2. The summed E-state index contributed by atoms with van der Waals surface area (Å²) in [7, 11) is -3.77. The monoisotopic (exact) mass is 312 g/mol. The Bertz CT molecular complexity index is 654. The summed E-state index contributed by atoms with van der Waals surface area (Å²) in [5, 5.41) is 16.7. The first kappa shape index (κ1) is 15.5. The molecule has 2 atom stereocenters. The Morgan fingerprint density at radius 1 is 1.14 bits per heavy atom. The topological polar surface area (TPSA) is 127 Å². The van der Waals surface area contributed by atoms with E-state index in [1.807, 2.05) is 0 Å². The summed E-state index contributed by atoms with van der Waals surface area (Å²) in [6, 6.07) is 5.41. The van der Waals surface area contributed by atoms with Gasteiger partial charge in [-0.1, -0.05) is 6.42 Å². The van der Waals surface area contributed by atoms with Gasteiger partial charge in [0.15, 0.2) is 0 Å². The maximum atomic E-state index is 12.1. The summed E-state index contributed by atoms with van der Waals surface area (Å²) >= 11 is 0. The molecule has 114 valence electrons. The lowest BCUT2D eigenvalue weighted by Gasteiger charge is -2.15. The number of hydrogen-bond acceptors (Lipinski definition) is 4. The van der Waals surface area contributed by atoms with Gasteiger partial charge in [-0.2, -0.15) is 0 Å². The predicted octanol–water partition coefficient (Wildman–Crippen LogP) is 0.773. The van der Waals surface area contributed by atoms with Crippen molar-refractivity contribution in [1.82, 2.24) is 0 Å². The van der Waals surface area contributed by atoms with Crippen molar-refractivity contribution in [3.05, 3.63) is 24.3 Å². The molecule has 1 saturated carbocycles. The number of primary sulfonamides is 1. The van der Waals surface area contributed by atoms with Crippen molar-refractivity contribution < 1.29 is 23.1 Å². The number of carboxylic acid groups (broad SMARTS) is 1. The number of rotatable bonds is 4. The number of nitrogens with one attached hydrogen (secondary N) is 1. The third-order valence-electron chi connectivity index (χ3n) is 3.62. The van der Waals surface area contributed by atoms with E-state index in [0.717, 1.165) is 0 Å². The number of aliphatic carboxylic acids is 1. The van der Waals surface area contributed by atoms with Crippen LogP contribution in [0.25, 0.3) is 0 Å². The Morgan fingerprint density at radius 2 is 1.71 bits per heavy atom. The summed E-state index contributed by atoms with van der Waals surface area (Å²) in [5.74, 6) is -2.53. The van der Waals surface area contributed by atoms with Gasteiger partial charge in [0.1, 0.15) is 0 Å². The predicted molar refractivity (Wildman–Crippen MR) is 74.9 cm³/mol. The first-order chi connectivity index (χ1) is 9.79. The van der Waals surface area contributed by atoms with Crippen LogP contribution in [0.3, 0.4) is 0 Å². The molecular weight excluding hydrogens is 296 g/mol. The van der Waals surface area contributed by atoms with E-state index in [-0.39, 0.29) is 10.8 Å². The molecule has 0 saturated heterocycles. The van der Waals surface area contributed by atoms with Gasteiger partial charge in [-0.15, -0.1) is 0 Å². The highest BCUT2D eigenvalue weighted by Crippen LogP contribution is 2.32. The SMILES string of the molecule is NS(=O)(=O)c1ccc(NC(=O)[C@@H]2CCC[C@@H]2C(=O)O)cc1. The minimum absolute atomic E-state index is 0.0511. The molecular formula is C13H16N2O5S. The Balaban J connectivity index is 2.08. The first-order valence-electron chi connectivity index (χ1n) is 6.45. The summed E-state index contributed by atoms with van der Waals surface area (Å²) in [4.78, 5) is 23.1. The molecule has 21 heavy (non-hydrogen) atoms. The molecule has 0 unspecified atom stereocenters. The van der Waals surface area contributed by atoms with E-state index in [4.69, 9.17) is 10.2 Å². The van der Waals surface area contributed by atoms with Crippen LogP contribution in [-0.4, -0.2) is 25.4 Å². The average molecular weight is 312 g/mol. The minimum Gasteiger partial charge on any atom is -0.481 e. The molecule has 1 aromatic rings. The van der Waals surface area contributed by atoms with Crippen molar-refractivity contribution in [2.24, 2.45) is 17.0 Å². The van der Waals surface area contributed by atoms with E-state index < -0.39 is 27.8 Å². The molecule has 0 aliphatic heterocycles. The zero-order valence-corrected chi connectivity index (χ0v) is 12.0. The van der Waals surface area contributed by atoms with Crippen LogP contribution in [0.1, 0.15) is 19.3 Å². The highest BCUT2D eigenvalue weighted by atomic mass is 32.2. The second-order valence-electron chi connectivity index (χ2n) is 5.04. The Labute approximate surface area is 122 Å². The van der Waals surface area contributed by atoms with Crippen LogP contribution >= 0.6 is 0 Å². The highest BCUT2D eigenvalue weighted by molar-refractivity contribution is 7.89. The van der Waals surface area contributed by atoms with Crippen molar-refractivity contribution in [2.75, 3.05) is 5.32 Å². The van der Waals surface area contributed by atoms with E-state index in [1.54, 1.807) is 0 Å². The van der Waals surface area contributed by atoms with Crippen LogP contribution in [-0.2, 0) is 19.6 Å². The van der Waals surface area contributed by atoms with Crippen LogP contribution in [0.5, 0.6) is 0 Å². The second kappa shape index (κ2) is 5.82. The lowest BCUT2D eigenvalue weighted by molar-refractivity contribution is -0.145. The van der Waals surface area contributed by atoms with Gasteiger partial charge in [0.2, 0.25) is 15.9 Å². The molecule has 8 heteroatoms. The van der Waals surface area contributed by atoms with Crippen molar-refractivity contribution >= 4 is 27.6 Å². The van der Waals surface area contributed by atoms with E-state index in [1.165, 1.54) is 24.3 Å². The second-order valence-corrected chi connectivity index (χ2v) is 6.60. The molecule has 0 heterocycles. The van der Waals surface area contributed by atoms with Crippen LogP contribution in [0.2, 0.25) is 0 Å². The number of nitrogens with two attached hydrogens (primary N) is 1. The number of carbonyl (C=O) groups is 2. The van der Waals surface area contributed by atoms with Crippen molar-refractivity contribution in [3.8, 4) is 0 Å². The number of carbonyl (C=O) groups excluding carboxylic acids is 1. The summed E-state index contributed by atoms with van der Waals surface area (Å²) in [6.07, 6.45) is 1.75. The van der Waals surface area contributed by atoms with Crippen molar-refractivity contribution in [1.29, 1.82) is 0 Å². The van der Waals surface area contributed by atoms with Crippen LogP contribution < -0.4 is 10.5 Å². The van der Waals surface area contributed by atoms with Gasteiger partial charge in [-0.05, 0) is 37.1 Å². The minimum atomic E-state index is -3.77. The molecule has 0 spiro atoms. The average Bonchev–Trinajstić information content (AvgIpc) is 2.87. The van der Waals surface area contributed by atoms with Crippen molar-refractivity contribution in [2.45, 2.75) is 24.2 Å². The molecule has 7 nitrogen and oxygen atoms in total. The number of carboxylic acids is 1. The number of sulfonamides is 1. The van der Waals surface area contributed by atoms with Gasteiger partial charge >= 0.3 is 5.97 Å². The van der Waals surface area contributed by atoms with Gasteiger partial charge in [0.25, 0.3) is 0 Å². The van der Waals surface area contributed by atoms with E-state index in [9.17, 15) is 18.0 Å². The Kier molecular flexibility index (Phi) is 4.29. The van der Waals surface area contributed by atoms with Crippen LogP contribution in [0.15, 0.2) is 29.2 Å². The molecule has 1 aliphatic carbocycles. The third kappa shape index (κ3) is 3.59. The molecule has 0 bridgehead atoms. The number of benzene rings is 1. The smallest absolute Gasteiger partial charge is 0.307 e. The molecule has 4 N–H and O–H groups in total. The maximum absolute atomic E-state index is 12.1. The number of amides is 1. The van der Waals surface area contributed by atoms with Gasteiger partial charge < -0.3 is 10.4 Å². The summed E-state index contributed by atoms with van der Waals surface area (Å²) in [6.45, 7) is 0. The quantitative estimate of drug-likeness (QED) is 0.757. The third-order valence-corrected chi connectivity index (χ3v) is 4.55. The molecule has 1 fully saturated rings. The largest absolute Gasteiger partial charge is 0.481 e. The standard InChI is InChI=1S/C13H16N2O5S/c14-21(19,20)9-6-4-8(5-7-9)15-12(16)10-2-1-3-11(10)13(17)18/h4-7,10-11H,1-3H2,(H,15,16)(H,17,18)(H2,14,19,20)/t10-,11+/m1/s1. The molecule has 1 aliphatic rings. The van der Waals surface area contributed by atoms with E-state index in [0.29, 0.717) is 24.9 Å². The van der Waals surface area contributed by atoms with Gasteiger partial charge in [-0.25, -0.2) is 13.6 Å². The normalized spacial score (nSPS) is 22.0. The lowest BCUT2D eigenvalue weighted by atomic mass is 9.95. The fourth-order valence-corrected chi connectivity index (χ4v) is 3.05. The van der Waals surface area contributed by atoms with Gasteiger partial charge in [-0.3, -0.25) is 9.59 Å². The molecule has 2 rings (SSSR count). The summed E-state index contributed by atoms with van der Waals surface area (Å²) in [5.41, 5.74) is 0.406. The highest BCUT2D eigenvalue weighted by Gasteiger charge is 2.37. The lowest BCUT2D eigenvalue weighted by Crippen LogP contribution is -2.30. The van der Waals surface area contributed by atoms with Gasteiger partial charge in [0, 0.05) is 5.69 Å². The van der Waals surface area contributed by atoms with Crippen molar-refractivity contribution in [3.63, 3.8) is 0 Å². The fraction of sp³-hybridized carbons (Fsp3) is 0.385. The maximum Gasteiger partial charge on any atom is 0.307 e. The molecule has 1 amide bonds.